The van der Waals surface area contributed by atoms with Crippen LogP contribution in [0.2, 0.25) is 0 Å². The van der Waals surface area contributed by atoms with Crippen LogP contribution in [0, 0.1) is 0 Å². The third kappa shape index (κ3) is 68.4. The van der Waals surface area contributed by atoms with Crippen molar-refractivity contribution in [2.24, 2.45) is 0 Å². The average molecular weight is 1340 g/mol. The first-order valence-corrected chi connectivity index (χ1v) is 37.8. The molecule has 93 heavy (non-hydrogen) atoms. The van der Waals surface area contributed by atoms with Gasteiger partial charge in [-0.05, 0) is 141 Å². The van der Waals surface area contributed by atoms with Crippen molar-refractivity contribution in [2.75, 3.05) is 39.6 Å². The van der Waals surface area contributed by atoms with E-state index in [1.54, 1.807) is 0 Å². The fraction of sp³-hybridized carbons (Fsp3) is 0.613. The second-order valence-corrected chi connectivity index (χ2v) is 25.4. The molecule has 0 aliphatic rings. The third-order valence-corrected chi connectivity index (χ3v) is 15.6. The molecule has 0 radical (unpaired) electrons. The lowest BCUT2D eigenvalue weighted by molar-refractivity contribution is -0.161. The summed E-state index contributed by atoms with van der Waals surface area (Å²) in [5, 5.41) is 20.6. The molecule has 0 aromatic carbocycles. The lowest BCUT2D eigenvalue weighted by Gasteiger charge is -2.21. The van der Waals surface area contributed by atoms with Gasteiger partial charge in [0, 0.05) is 19.3 Å². The molecule has 4 N–H and O–H groups in total. The highest BCUT2D eigenvalue weighted by Crippen LogP contribution is 2.45. The van der Waals surface area contributed by atoms with Crippen molar-refractivity contribution in [1.82, 2.24) is 0 Å². The molecule has 0 rings (SSSR count). The van der Waals surface area contributed by atoms with Gasteiger partial charge in [-0.3, -0.25) is 32.5 Å². The molecule has 5 unspecified atom stereocenters. The van der Waals surface area contributed by atoms with Crippen LogP contribution in [-0.4, -0.2) is 95.9 Å². The maximum Gasteiger partial charge on any atom is 0.472 e. The van der Waals surface area contributed by atoms with E-state index in [-0.39, 0.29) is 19.3 Å². The summed E-state index contributed by atoms with van der Waals surface area (Å²) in [6, 6.07) is 0. The van der Waals surface area contributed by atoms with Crippen LogP contribution in [0.15, 0.2) is 158 Å². The monoisotopic (exact) mass is 1340 g/mol. The Morgan fingerprint density at radius 1 is 0.301 bits per heavy atom. The molecule has 0 aromatic heterocycles. The number of ether oxygens (including phenoxy) is 3. The summed E-state index contributed by atoms with van der Waals surface area (Å²) in [5.41, 5.74) is 0. The fourth-order valence-electron chi connectivity index (χ4n) is 8.52. The predicted octanol–water partition coefficient (Wildman–Crippen LogP) is 19.5. The molecule has 0 aliphatic carbocycles. The first-order chi connectivity index (χ1) is 45.2. The lowest BCUT2D eigenvalue weighted by atomic mass is 10.1. The second kappa shape index (κ2) is 67.2. The standard InChI is InChI=1S/C75H122O16P2/c1-4-7-10-13-16-19-22-25-28-31-33-34-36-39-40-43-46-49-52-55-58-61-73(78)85-64-70(76)65-87-92(81,82)88-66-71(77)67-89-93(83,84)90-69-72(91-75(80)63-60-57-54-51-48-45-42-37-30-27-24-21-18-15-12-9-6-3)68-86-74(79)62-59-56-53-50-47-44-41-38-35-32-29-26-23-20-17-14-11-8-5-2/h7-12,16-21,25-30,33-35,38-40,42,45,70-72,76-77H,4-6,13-15,22-24,31-32,36-37,41,43-44,46-69H2,1-3H3,(H,81,82)(H,83,84)/b10-7-,11-8-,12-9-,19-16-,20-17-,21-18-,28-25-,29-26-,30-27-,34-33-,38-35-,40-39-,45-42-. The van der Waals surface area contributed by atoms with Gasteiger partial charge in [-0.25, -0.2) is 9.13 Å². The molecule has 0 spiro atoms. The van der Waals surface area contributed by atoms with Gasteiger partial charge in [0.25, 0.3) is 0 Å². The quantitative estimate of drug-likeness (QED) is 0.0146. The number of hydrogen-bond acceptors (Lipinski definition) is 14. The summed E-state index contributed by atoms with van der Waals surface area (Å²) in [4.78, 5) is 58.5. The first kappa shape index (κ1) is 88.2. The van der Waals surface area contributed by atoms with Gasteiger partial charge in [0.2, 0.25) is 0 Å². The second-order valence-electron chi connectivity index (χ2n) is 22.5. The number of unbranched alkanes of at least 4 members (excludes halogenated alkanes) is 15. The van der Waals surface area contributed by atoms with Crippen molar-refractivity contribution < 1.29 is 75.8 Å². The summed E-state index contributed by atoms with van der Waals surface area (Å²) in [6.07, 6.45) is 81.4. The van der Waals surface area contributed by atoms with E-state index in [1.807, 2.05) is 0 Å². The molecule has 0 aromatic rings. The van der Waals surface area contributed by atoms with E-state index in [0.717, 1.165) is 180 Å². The summed E-state index contributed by atoms with van der Waals surface area (Å²) in [6.45, 7) is 2.23. The van der Waals surface area contributed by atoms with Crippen molar-refractivity contribution in [2.45, 2.75) is 257 Å². The third-order valence-electron chi connectivity index (χ3n) is 13.7. The molecule has 0 saturated heterocycles. The van der Waals surface area contributed by atoms with E-state index in [9.17, 15) is 43.5 Å². The number of allylic oxidation sites excluding steroid dienone is 26. The molecule has 5 atom stereocenters. The normalized spacial score (nSPS) is 15.1. The Morgan fingerprint density at radius 2 is 0.538 bits per heavy atom. The van der Waals surface area contributed by atoms with Crippen LogP contribution < -0.4 is 0 Å². The van der Waals surface area contributed by atoms with Crippen LogP contribution in [-0.2, 0) is 55.8 Å². The number of carbonyl (C=O) groups excluding carboxylic acids is 3. The average Bonchev–Trinajstić information content (AvgIpc) is 3.72. The van der Waals surface area contributed by atoms with Gasteiger partial charge in [-0.15, -0.1) is 0 Å². The largest absolute Gasteiger partial charge is 0.472 e. The maximum atomic E-state index is 12.9. The Kier molecular flexibility index (Phi) is 63.7. The minimum Gasteiger partial charge on any atom is -0.463 e. The van der Waals surface area contributed by atoms with Gasteiger partial charge < -0.3 is 34.2 Å². The molecule has 528 valence electrons. The van der Waals surface area contributed by atoms with Gasteiger partial charge in [-0.2, -0.15) is 0 Å². The Hall–Kier alpha value is -4.83. The van der Waals surface area contributed by atoms with E-state index in [2.05, 4.69) is 179 Å². The first-order valence-electron chi connectivity index (χ1n) is 34.8. The van der Waals surface area contributed by atoms with Gasteiger partial charge >= 0.3 is 33.6 Å². The number of esters is 3. The van der Waals surface area contributed by atoms with Gasteiger partial charge in [0.15, 0.2) is 6.10 Å². The van der Waals surface area contributed by atoms with Crippen molar-refractivity contribution in [3.8, 4) is 0 Å². The smallest absolute Gasteiger partial charge is 0.463 e. The van der Waals surface area contributed by atoms with Crippen LogP contribution in [0.1, 0.15) is 239 Å². The zero-order valence-corrected chi connectivity index (χ0v) is 58.9. The van der Waals surface area contributed by atoms with E-state index in [1.165, 1.54) is 0 Å². The number of carbonyl (C=O) groups is 3. The number of phosphoric acid groups is 2. The number of phosphoric ester groups is 2. The van der Waals surface area contributed by atoms with Gasteiger partial charge in [-0.1, -0.05) is 237 Å². The number of rotatable bonds is 64. The number of aliphatic hydroxyl groups excluding tert-OH is 2. The van der Waals surface area contributed by atoms with E-state index >= 15 is 0 Å². The number of hydrogen-bond donors (Lipinski definition) is 4. The zero-order valence-electron chi connectivity index (χ0n) is 57.1. The van der Waals surface area contributed by atoms with Crippen LogP contribution in [0.25, 0.3) is 0 Å². The summed E-state index contributed by atoms with van der Waals surface area (Å²) >= 11 is 0. The minimum absolute atomic E-state index is 0.0666. The molecular weight excluding hydrogens is 1220 g/mol. The lowest BCUT2D eigenvalue weighted by Crippen LogP contribution is -2.30. The van der Waals surface area contributed by atoms with Crippen molar-refractivity contribution in [1.29, 1.82) is 0 Å². The molecular formula is C75H122O16P2. The molecule has 18 heteroatoms. The number of aliphatic hydroxyl groups is 2. The van der Waals surface area contributed by atoms with Crippen molar-refractivity contribution >= 4 is 33.6 Å². The van der Waals surface area contributed by atoms with E-state index in [4.69, 9.17) is 32.3 Å². The molecule has 0 amide bonds. The zero-order chi connectivity index (χ0) is 68.1. The molecule has 0 saturated carbocycles. The Labute approximate surface area is 561 Å². The summed E-state index contributed by atoms with van der Waals surface area (Å²) in [7, 11) is -9.81. The van der Waals surface area contributed by atoms with Crippen LogP contribution >= 0.6 is 15.6 Å². The van der Waals surface area contributed by atoms with E-state index < -0.39 is 91.5 Å². The minimum atomic E-state index is -4.95. The fourth-order valence-corrected chi connectivity index (χ4v) is 10.1. The Bertz CT molecular complexity index is 2320. The Balaban J connectivity index is 4.75. The molecule has 16 nitrogen and oxygen atoms in total. The maximum absolute atomic E-state index is 12.9. The van der Waals surface area contributed by atoms with Crippen molar-refractivity contribution in [3.05, 3.63) is 158 Å². The van der Waals surface area contributed by atoms with Crippen molar-refractivity contribution in [3.63, 3.8) is 0 Å². The SMILES string of the molecule is CC/C=C\C/C=C\C/C=C\C/C=C\C/C=C\CCCCCCCC(=O)OCC(O)COP(=O)(O)OCC(O)COP(=O)(O)OCC(COC(=O)CCCCCCCC/C=C\C/C=C\C/C=C\C/C=C\CC)OC(=O)CCCCCC/C=C\C/C=C\C/C=C\C/C=C\CC. The summed E-state index contributed by atoms with van der Waals surface area (Å²) in [5.74, 6) is -1.65. The molecule has 0 aliphatic heterocycles. The molecule has 0 heterocycles. The highest BCUT2D eigenvalue weighted by atomic mass is 31.2. The van der Waals surface area contributed by atoms with Gasteiger partial charge in [0.05, 0.1) is 26.4 Å². The highest BCUT2D eigenvalue weighted by molar-refractivity contribution is 7.47. The summed E-state index contributed by atoms with van der Waals surface area (Å²) < 4.78 is 60.9. The van der Waals surface area contributed by atoms with Gasteiger partial charge in [0.1, 0.15) is 25.4 Å². The van der Waals surface area contributed by atoms with Crippen LogP contribution in [0.5, 0.6) is 0 Å². The molecule has 0 bridgehead atoms. The Morgan fingerprint density at radius 3 is 0.849 bits per heavy atom. The predicted molar refractivity (Wildman–Crippen MR) is 380 cm³/mol. The van der Waals surface area contributed by atoms with E-state index in [0.29, 0.717) is 19.3 Å². The molecule has 0 fully saturated rings. The topological polar surface area (TPSA) is 231 Å². The van der Waals surface area contributed by atoms with Crippen LogP contribution in [0.3, 0.4) is 0 Å². The highest BCUT2D eigenvalue weighted by Gasteiger charge is 2.29. The van der Waals surface area contributed by atoms with Crippen LogP contribution in [0.4, 0.5) is 0 Å².